The van der Waals surface area contributed by atoms with Crippen LogP contribution in [0.15, 0.2) is 46.5 Å². The summed E-state index contributed by atoms with van der Waals surface area (Å²) in [4.78, 5) is 19.8. The lowest BCUT2D eigenvalue weighted by molar-refractivity contribution is 0.425. The molecule has 7 nitrogen and oxygen atoms in total. The number of thioether (sulfide) groups is 1. The first-order valence-electron chi connectivity index (χ1n) is 6.65. The maximum absolute atomic E-state index is 5.97. The van der Waals surface area contributed by atoms with E-state index in [4.69, 9.17) is 16.1 Å². The maximum atomic E-state index is 5.97. The number of hydrogen-bond donors (Lipinski definition) is 1. The van der Waals surface area contributed by atoms with Crippen LogP contribution in [-0.2, 0) is 5.75 Å². The molecular formula is C14H9ClN6OS. The van der Waals surface area contributed by atoms with Crippen molar-refractivity contribution in [2.75, 3.05) is 0 Å². The lowest BCUT2D eigenvalue weighted by Gasteiger charge is -1.98. The number of H-pyrrole nitrogens is 1. The number of aromatic amines is 1. The van der Waals surface area contributed by atoms with Crippen LogP contribution in [0.25, 0.3) is 22.6 Å². The van der Waals surface area contributed by atoms with Gasteiger partial charge in [-0.15, -0.1) is 0 Å². The Kier molecular flexibility index (Phi) is 3.68. The smallest absolute Gasteiger partial charge is 0.258 e. The number of halogens is 1. The normalized spacial score (nSPS) is 11.2. The van der Waals surface area contributed by atoms with Crippen molar-refractivity contribution >= 4 is 34.5 Å². The van der Waals surface area contributed by atoms with E-state index in [2.05, 4.69) is 30.1 Å². The van der Waals surface area contributed by atoms with Crippen LogP contribution in [0.2, 0.25) is 5.02 Å². The molecule has 0 aliphatic carbocycles. The lowest BCUT2D eigenvalue weighted by Crippen LogP contribution is -1.89. The van der Waals surface area contributed by atoms with Crippen LogP contribution in [-0.4, -0.2) is 30.1 Å². The highest BCUT2D eigenvalue weighted by Gasteiger charge is 2.12. The summed E-state index contributed by atoms with van der Waals surface area (Å²) in [6.45, 7) is 0. The number of nitrogens with one attached hydrogen (secondary N) is 1. The minimum Gasteiger partial charge on any atom is -0.341 e. The first kappa shape index (κ1) is 14.2. The summed E-state index contributed by atoms with van der Waals surface area (Å²) in [6.07, 6.45) is 3.08. The Hall–Kier alpha value is -2.45. The monoisotopic (exact) mass is 344 g/mol. The number of hydrogen-bond acceptors (Lipinski definition) is 7. The van der Waals surface area contributed by atoms with Gasteiger partial charge in [0, 0.05) is 10.6 Å². The Morgan fingerprint density at radius 3 is 3.09 bits per heavy atom. The summed E-state index contributed by atoms with van der Waals surface area (Å²) in [5.74, 6) is 1.54. The molecule has 1 N–H and O–H groups in total. The molecule has 0 spiro atoms. The number of nitrogens with zero attached hydrogens (tertiary/aromatic N) is 5. The van der Waals surface area contributed by atoms with Crippen molar-refractivity contribution in [1.29, 1.82) is 0 Å². The average Bonchev–Trinajstić information content (AvgIpc) is 3.22. The molecule has 114 valence electrons. The lowest BCUT2D eigenvalue weighted by atomic mass is 10.2. The molecule has 0 aliphatic heterocycles. The van der Waals surface area contributed by atoms with Crippen LogP contribution in [0, 0.1) is 0 Å². The van der Waals surface area contributed by atoms with E-state index in [-0.39, 0.29) is 0 Å². The van der Waals surface area contributed by atoms with Gasteiger partial charge in [-0.1, -0.05) is 34.6 Å². The molecule has 0 fully saturated rings. The van der Waals surface area contributed by atoms with E-state index in [9.17, 15) is 0 Å². The summed E-state index contributed by atoms with van der Waals surface area (Å²) < 4.78 is 5.28. The summed E-state index contributed by atoms with van der Waals surface area (Å²) in [5, 5.41) is 5.40. The molecule has 9 heteroatoms. The second-order valence-corrected chi connectivity index (χ2v) is 6.00. The van der Waals surface area contributed by atoms with Gasteiger partial charge in [0.1, 0.15) is 16.9 Å². The van der Waals surface area contributed by atoms with Gasteiger partial charge >= 0.3 is 0 Å². The number of rotatable bonds is 4. The van der Waals surface area contributed by atoms with Gasteiger partial charge in [0.25, 0.3) is 5.89 Å². The van der Waals surface area contributed by atoms with E-state index in [1.165, 1.54) is 18.1 Å². The number of benzene rings is 1. The standard InChI is InChI=1S/C14H9ClN6OS/c15-9-3-1-2-8(4-9)13-20-10(21-22-13)5-23-14-11-12(17-6-16-11)18-7-19-14/h1-4,6-7H,5H2,(H,16,17,18,19). The Balaban J connectivity index is 1.53. The van der Waals surface area contributed by atoms with Gasteiger partial charge in [0.15, 0.2) is 11.5 Å². The second-order valence-electron chi connectivity index (χ2n) is 4.59. The molecule has 1 aromatic carbocycles. The van der Waals surface area contributed by atoms with Gasteiger partial charge in [0.2, 0.25) is 0 Å². The predicted octanol–water partition coefficient (Wildman–Crippen LogP) is 3.35. The second kappa shape index (κ2) is 5.98. The van der Waals surface area contributed by atoms with Gasteiger partial charge in [-0.25, -0.2) is 15.0 Å². The topological polar surface area (TPSA) is 93.4 Å². The average molecular weight is 345 g/mol. The van der Waals surface area contributed by atoms with Crippen LogP contribution in [0.5, 0.6) is 0 Å². The zero-order valence-corrected chi connectivity index (χ0v) is 13.2. The molecule has 0 atom stereocenters. The van der Waals surface area contributed by atoms with Crippen molar-refractivity contribution in [3.63, 3.8) is 0 Å². The molecule has 0 saturated carbocycles. The van der Waals surface area contributed by atoms with Crippen LogP contribution in [0.4, 0.5) is 0 Å². The van der Waals surface area contributed by atoms with Crippen LogP contribution in [0.3, 0.4) is 0 Å². The number of fused-ring (bicyclic) bond motifs is 1. The van der Waals surface area contributed by atoms with Gasteiger partial charge in [-0.3, -0.25) is 0 Å². The van der Waals surface area contributed by atoms with E-state index < -0.39 is 0 Å². The van der Waals surface area contributed by atoms with Gasteiger partial charge in [-0.2, -0.15) is 4.98 Å². The molecule has 4 rings (SSSR count). The SMILES string of the molecule is Clc1cccc(-c2nc(CSc3ncnc4nc[nH]c34)no2)c1. The van der Waals surface area contributed by atoms with Crippen LogP contribution >= 0.6 is 23.4 Å². The third-order valence-electron chi connectivity index (χ3n) is 3.07. The van der Waals surface area contributed by atoms with Crippen LogP contribution < -0.4 is 0 Å². The Bertz CT molecular complexity index is 968. The summed E-state index contributed by atoms with van der Waals surface area (Å²) in [5.41, 5.74) is 2.23. The molecule has 0 amide bonds. The van der Waals surface area contributed by atoms with E-state index in [0.29, 0.717) is 28.1 Å². The fraction of sp³-hybridized carbons (Fsp3) is 0.0714. The highest BCUT2D eigenvalue weighted by atomic mass is 35.5. The molecular weight excluding hydrogens is 336 g/mol. The third kappa shape index (κ3) is 2.90. The quantitative estimate of drug-likeness (QED) is 0.448. The first-order chi connectivity index (χ1) is 11.3. The van der Waals surface area contributed by atoms with Crippen molar-refractivity contribution in [2.45, 2.75) is 10.8 Å². The summed E-state index contributed by atoms with van der Waals surface area (Å²) in [7, 11) is 0. The molecule has 0 radical (unpaired) electrons. The minimum atomic E-state index is 0.442. The highest BCUT2D eigenvalue weighted by Crippen LogP contribution is 2.26. The van der Waals surface area contributed by atoms with Gasteiger partial charge in [-0.05, 0) is 18.2 Å². The summed E-state index contributed by atoms with van der Waals surface area (Å²) in [6, 6.07) is 7.29. The number of imidazole rings is 1. The molecule has 0 bridgehead atoms. The van der Waals surface area contributed by atoms with Crippen LogP contribution in [0.1, 0.15) is 5.82 Å². The third-order valence-corrected chi connectivity index (χ3v) is 4.29. The maximum Gasteiger partial charge on any atom is 0.258 e. The van der Waals surface area contributed by atoms with Crippen molar-refractivity contribution in [3.05, 3.63) is 47.8 Å². The zero-order chi connectivity index (χ0) is 15.6. The number of aromatic nitrogens is 6. The fourth-order valence-corrected chi connectivity index (χ4v) is 3.03. The molecule has 23 heavy (non-hydrogen) atoms. The molecule has 4 aromatic rings. The zero-order valence-electron chi connectivity index (χ0n) is 11.6. The molecule has 0 unspecified atom stereocenters. The Morgan fingerprint density at radius 1 is 1.22 bits per heavy atom. The van der Waals surface area contributed by atoms with Crippen molar-refractivity contribution in [1.82, 2.24) is 30.1 Å². The van der Waals surface area contributed by atoms with E-state index in [0.717, 1.165) is 16.1 Å². The van der Waals surface area contributed by atoms with Crippen molar-refractivity contribution in [3.8, 4) is 11.5 Å². The Morgan fingerprint density at radius 2 is 2.17 bits per heavy atom. The Labute approximate surface area is 139 Å². The predicted molar refractivity (Wildman–Crippen MR) is 86.0 cm³/mol. The fourth-order valence-electron chi connectivity index (χ4n) is 2.04. The van der Waals surface area contributed by atoms with E-state index in [1.54, 1.807) is 18.5 Å². The summed E-state index contributed by atoms with van der Waals surface area (Å²) >= 11 is 7.46. The van der Waals surface area contributed by atoms with E-state index in [1.807, 2.05) is 12.1 Å². The largest absolute Gasteiger partial charge is 0.341 e. The molecule has 0 saturated heterocycles. The van der Waals surface area contributed by atoms with Crippen molar-refractivity contribution in [2.24, 2.45) is 0 Å². The van der Waals surface area contributed by atoms with Gasteiger partial charge in [0.05, 0.1) is 12.1 Å². The van der Waals surface area contributed by atoms with E-state index >= 15 is 0 Å². The first-order valence-corrected chi connectivity index (χ1v) is 8.01. The van der Waals surface area contributed by atoms with Gasteiger partial charge < -0.3 is 9.51 Å². The molecule has 3 aromatic heterocycles. The highest BCUT2D eigenvalue weighted by molar-refractivity contribution is 7.98. The molecule has 3 heterocycles. The minimum absolute atomic E-state index is 0.442. The molecule has 0 aliphatic rings. The van der Waals surface area contributed by atoms with Crippen molar-refractivity contribution < 1.29 is 4.52 Å².